The lowest BCUT2D eigenvalue weighted by molar-refractivity contribution is 0.0936. The molecule has 0 radical (unpaired) electrons. The van der Waals surface area contributed by atoms with Crippen molar-refractivity contribution in [1.82, 2.24) is 10.6 Å². The number of urea groups is 1. The van der Waals surface area contributed by atoms with E-state index in [1.54, 1.807) is 12.1 Å². The molecule has 5 heteroatoms. The van der Waals surface area contributed by atoms with Crippen molar-refractivity contribution in [2.75, 3.05) is 6.54 Å². The Kier molecular flexibility index (Phi) is 6.12. The lowest BCUT2D eigenvalue weighted by Gasteiger charge is -2.38. The highest BCUT2D eigenvalue weighted by atomic mass is 16.2. The van der Waals surface area contributed by atoms with Crippen LogP contribution >= 0.6 is 0 Å². The van der Waals surface area contributed by atoms with Gasteiger partial charge in [0.1, 0.15) is 0 Å². The summed E-state index contributed by atoms with van der Waals surface area (Å²) in [6.07, 6.45) is 5.88. The van der Waals surface area contributed by atoms with E-state index in [1.807, 2.05) is 18.2 Å². The van der Waals surface area contributed by atoms with E-state index in [2.05, 4.69) is 34.9 Å². The predicted octanol–water partition coefficient (Wildman–Crippen LogP) is 3.49. The van der Waals surface area contributed by atoms with Gasteiger partial charge in [-0.1, -0.05) is 61.7 Å². The molecule has 0 spiro atoms. The number of rotatable bonds is 6. The standard InChI is InChI=1S/C22H27N3O2/c23-21(27)24-15-17-9-11-18(12-10-17)20(26)25-16-22(13-5-2-6-14-22)19-7-3-1-4-8-19/h1,3-4,7-12H,2,5-6,13-16H2,(H,25,26)(H3,23,24,27). The van der Waals surface area contributed by atoms with E-state index in [0.717, 1.165) is 18.4 Å². The zero-order valence-electron chi connectivity index (χ0n) is 15.5. The fraction of sp³-hybridized carbons (Fsp3) is 0.364. The molecule has 0 bridgehead atoms. The van der Waals surface area contributed by atoms with Crippen LogP contribution in [-0.2, 0) is 12.0 Å². The first-order chi connectivity index (χ1) is 13.1. The quantitative estimate of drug-likeness (QED) is 0.732. The van der Waals surface area contributed by atoms with Crippen LogP contribution in [0.4, 0.5) is 4.79 Å². The van der Waals surface area contributed by atoms with Gasteiger partial charge in [0.25, 0.3) is 5.91 Å². The molecule has 27 heavy (non-hydrogen) atoms. The Hall–Kier alpha value is -2.82. The molecule has 1 fully saturated rings. The van der Waals surface area contributed by atoms with E-state index < -0.39 is 6.03 Å². The second kappa shape index (κ2) is 8.71. The maximum Gasteiger partial charge on any atom is 0.312 e. The van der Waals surface area contributed by atoms with E-state index in [-0.39, 0.29) is 11.3 Å². The highest BCUT2D eigenvalue weighted by Crippen LogP contribution is 2.38. The summed E-state index contributed by atoms with van der Waals surface area (Å²) in [5.74, 6) is -0.0645. The summed E-state index contributed by atoms with van der Waals surface area (Å²) in [4.78, 5) is 23.4. The minimum absolute atomic E-state index is 0.0283. The van der Waals surface area contributed by atoms with Crippen LogP contribution in [0.5, 0.6) is 0 Å². The topological polar surface area (TPSA) is 84.2 Å². The van der Waals surface area contributed by atoms with Gasteiger partial charge >= 0.3 is 6.03 Å². The number of carbonyl (C=O) groups is 2. The fourth-order valence-corrected chi connectivity index (χ4v) is 3.90. The van der Waals surface area contributed by atoms with Crippen LogP contribution in [0.15, 0.2) is 54.6 Å². The number of nitrogens with one attached hydrogen (secondary N) is 2. The molecule has 1 aliphatic rings. The van der Waals surface area contributed by atoms with Gasteiger partial charge in [-0.15, -0.1) is 0 Å². The largest absolute Gasteiger partial charge is 0.352 e. The van der Waals surface area contributed by atoms with Crippen molar-refractivity contribution in [2.45, 2.75) is 44.1 Å². The number of hydrogen-bond donors (Lipinski definition) is 3. The van der Waals surface area contributed by atoms with E-state index in [4.69, 9.17) is 5.73 Å². The molecule has 0 saturated heterocycles. The molecular formula is C22H27N3O2. The number of amides is 3. The van der Waals surface area contributed by atoms with Gasteiger partial charge in [-0.25, -0.2) is 4.79 Å². The average molecular weight is 365 g/mol. The molecule has 0 unspecified atom stereocenters. The lowest BCUT2D eigenvalue weighted by Crippen LogP contribution is -2.42. The van der Waals surface area contributed by atoms with Crippen molar-refractivity contribution >= 4 is 11.9 Å². The Morgan fingerprint density at radius 1 is 0.889 bits per heavy atom. The van der Waals surface area contributed by atoms with Crippen LogP contribution in [0.3, 0.4) is 0 Å². The van der Waals surface area contributed by atoms with Gasteiger partial charge in [-0.2, -0.15) is 0 Å². The molecule has 3 amide bonds. The normalized spacial score (nSPS) is 15.7. The fourth-order valence-electron chi connectivity index (χ4n) is 3.90. The van der Waals surface area contributed by atoms with Crippen LogP contribution < -0.4 is 16.4 Å². The van der Waals surface area contributed by atoms with E-state index >= 15 is 0 Å². The molecule has 5 nitrogen and oxygen atoms in total. The van der Waals surface area contributed by atoms with Crippen molar-refractivity contribution in [3.63, 3.8) is 0 Å². The second-order valence-electron chi connectivity index (χ2n) is 7.30. The summed E-state index contributed by atoms with van der Waals surface area (Å²) in [6.45, 7) is 1.01. The Morgan fingerprint density at radius 2 is 1.56 bits per heavy atom. The first kappa shape index (κ1) is 19.0. The molecule has 2 aromatic rings. The van der Waals surface area contributed by atoms with Crippen LogP contribution in [0.25, 0.3) is 0 Å². The van der Waals surface area contributed by atoms with Crippen LogP contribution in [-0.4, -0.2) is 18.5 Å². The highest BCUT2D eigenvalue weighted by Gasteiger charge is 2.34. The predicted molar refractivity (Wildman–Crippen MR) is 106 cm³/mol. The van der Waals surface area contributed by atoms with Crippen molar-refractivity contribution in [2.24, 2.45) is 5.73 Å². The molecule has 1 aliphatic carbocycles. The van der Waals surface area contributed by atoms with Gasteiger partial charge in [-0.05, 0) is 36.1 Å². The van der Waals surface area contributed by atoms with Crippen LogP contribution in [0, 0.1) is 0 Å². The second-order valence-corrected chi connectivity index (χ2v) is 7.30. The van der Waals surface area contributed by atoms with Gasteiger partial charge in [-0.3, -0.25) is 4.79 Å². The van der Waals surface area contributed by atoms with Crippen molar-refractivity contribution in [3.8, 4) is 0 Å². The first-order valence-corrected chi connectivity index (χ1v) is 9.55. The number of benzene rings is 2. The number of nitrogens with two attached hydrogens (primary N) is 1. The van der Waals surface area contributed by atoms with E-state index in [9.17, 15) is 9.59 Å². The molecule has 1 saturated carbocycles. The molecule has 0 aromatic heterocycles. The van der Waals surface area contributed by atoms with Gasteiger partial charge in [0.05, 0.1) is 0 Å². The maximum absolute atomic E-state index is 12.6. The van der Waals surface area contributed by atoms with Crippen molar-refractivity contribution in [3.05, 3.63) is 71.3 Å². The molecule has 0 aliphatic heterocycles. The van der Waals surface area contributed by atoms with Gasteiger partial charge in [0, 0.05) is 24.1 Å². The Bertz CT molecular complexity index is 766. The lowest BCUT2D eigenvalue weighted by atomic mass is 9.69. The Labute approximate surface area is 160 Å². The maximum atomic E-state index is 12.6. The van der Waals surface area contributed by atoms with Gasteiger partial charge < -0.3 is 16.4 Å². The van der Waals surface area contributed by atoms with Crippen molar-refractivity contribution in [1.29, 1.82) is 0 Å². The summed E-state index contributed by atoms with van der Waals surface area (Å²) in [5, 5.41) is 5.69. The van der Waals surface area contributed by atoms with Crippen LogP contribution in [0.2, 0.25) is 0 Å². The smallest absolute Gasteiger partial charge is 0.312 e. The molecule has 2 aromatic carbocycles. The zero-order chi connectivity index (χ0) is 19.1. The summed E-state index contributed by atoms with van der Waals surface area (Å²) >= 11 is 0. The third kappa shape index (κ3) is 4.88. The summed E-state index contributed by atoms with van der Waals surface area (Å²) in [6, 6.07) is 17.2. The van der Waals surface area contributed by atoms with Gasteiger partial charge in [0.15, 0.2) is 0 Å². The molecule has 142 valence electrons. The molecule has 0 heterocycles. The highest BCUT2D eigenvalue weighted by molar-refractivity contribution is 5.94. The average Bonchev–Trinajstić information content (AvgIpc) is 2.72. The molecule has 3 rings (SSSR count). The SMILES string of the molecule is NC(=O)NCc1ccc(C(=O)NCC2(c3ccccc3)CCCCC2)cc1. The molecule has 0 atom stereocenters. The number of hydrogen-bond acceptors (Lipinski definition) is 2. The number of carbonyl (C=O) groups excluding carboxylic acids is 2. The van der Waals surface area contributed by atoms with Crippen molar-refractivity contribution < 1.29 is 9.59 Å². The summed E-state index contributed by atoms with van der Waals surface area (Å²) in [7, 11) is 0. The van der Waals surface area contributed by atoms with Crippen LogP contribution in [0.1, 0.15) is 53.6 Å². The minimum Gasteiger partial charge on any atom is -0.352 e. The first-order valence-electron chi connectivity index (χ1n) is 9.55. The molecular weight excluding hydrogens is 338 g/mol. The number of primary amides is 1. The third-order valence-corrected chi connectivity index (χ3v) is 5.47. The summed E-state index contributed by atoms with van der Waals surface area (Å²) in [5.41, 5.74) is 7.94. The Balaban J connectivity index is 1.65. The van der Waals surface area contributed by atoms with E-state index in [0.29, 0.717) is 18.7 Å². The van der Waals surface area contributed by atoms with Gasteiger partial charge in [0.2, 0.25) is 0 Å². The minimum atomic E-state index is -0.560. The summed E-state index contributed by atoms with van der Waals surface area (Å²) < 4.78 is 0. The zero-order valence-corrected chi connectivity index (χ0v) is 15.5. The monoisotopic (exact) mass is 365 g/mol. The third-order valence-electron chi connectivity index (χ3n) is 5.47. The molecule has 4 N–H and O–H groups in total. The Morgan fingerprint density at radius 3 is 2.19 bits per heavy atom. The van der Waals surface area contributed by atoms with E-state index in [1.165, 1.54) is 24.8 Å².